The molecule has 2 N–H and O–H groups in total. The van der Waals surface area contributed by atoms with Crippen molar-refractivity contribution >= 4 is 18.4 Å². The molecule has 0 fully saturated rings. The summed E-state index contributed by atoms with van der Waals surface area (Å²) in [5.41, 5.74) is 6.41. The van der Waals surface area contributed by atoms with E-state index in [0.717, 1.165) is 0 Å². The number of carbonyl (C=O) groups excluding carboxylic acids is 1. The Bertz CT molecular complexity index is 369. The second-order valence-corrected chi connectivity index (χ2v) is 3.71. The average molecular weight is 260 g/mol. The molecule has 0 bridgehead atoms. The largest absolute Gasteiger partial charge is 0.491 e. The van der Waals surface area contributed by atoms with E-state index in [1.165, 1.54) is 7.11 Å². The summed E-state index contributed by atoms with van der Waals surface area (Å²) in [4.78, 5) is 11.3. The van der Waals surface area contributed by atoms with E-state index < -0.39 is 12.0 Å². The van der Waals surface area contributed by atoms with Gasteiger partial charge in [0.2, 0.25) is 0 Å². The second-order valence-electron chi connectivity index (χ2n) is 3.71. The molecule has 1 aromatic carbocycles. The molecule has 0 amide bonds. The fourth-order valence-corrected chi connectivity index (χ4v) is 1.35. The highest BCUT2D eigenvalue weighted by atomic mass is 35.5. The van der Waals surface area contributed by atoms with Gasteiger partial charge in [-0.15, -0.1) is 12.4 Å². The number of benzene rings is 1. The molecule has 0 aliphatic rings. The highest BCUT2D eigenvalue weighted by Gasteiger charge is 2.20. The average Bonchev–Trinajstić information content (AvgIpc) is 2.27. The fraction of sp³-hybridized carbons (Fsp3) is 0.417. The van der Waals surface area contributed by atoms with Gasteiger partial charge in [0.1, 0.15) is 11.8 Å². The molecule has 1 atom stereocenters. The molecule has 0 heterocycles. The summed E-state index contributed by atoms with van der Waals surface area (Å²) in [5, 5.41) is 0. The van der Waals surface area contributed by atoms with Gasteiger partial charge in [-0.3, -0.25) is 4.79 Å². The third-order valence-corrected chi connectivity index (χ3v) is 2.07. The van der Waals surface area contributed by atoms with Crippen molar-refractivity contribution in [3.63, 3.8) is 0 Å². The van der Waals surface area contributed by atoms with Crippen molar-refractivity contribution in [2.75, 3.05) is 7.11 Å². The van der Waals surface area contributed by atoms with Crippen molar-refractivity contribution in [1.29, 1.82) is 0 Å². The summed E-state index contributed by atoms with van der Waals surface area (Å²) < 4.78 is 10.2. The van der Waals surface area contributed by atoms with Crippen LogP contribution in [0.5, 0.6) is 5.75 Å². The Hall–Kier alpha value is -1.26. The van der Waals surface area contributed by atoms with Crippen molar-refractivity contribution in [3.05, 3.63) is 29.8 Å². The van der Waals surface area contributed by atoms with Crippen LogP contribution < -0.4 is 10.5 Å². The lowest BCUT2D eigenvalue weighted by atomic mass is 10.1. The van der Waals surface area contributed by atoms with Crippen molar-refractivity contribution in [2.45, 2.75) is 26.0 Å². The Morgan fingerprint density at radius 2 is 1.88 bits per heavy atom. The van der Waals surface area contributed by atoms with Crippen molar-refractivity contribution in [1.82, 2.24) is 0 Å². The van der Waals surface area contributed by atoms with E-state index in [0.29, 0.717) is 11.3 Å². The van der Waals surface area contributed by atoms with E-state index in [2.05, 4.69) is 4.74 Å². The van der Waals surface area contributed by atoms with Crippen LogP contribution >= 0.6 is 12.4 Å². The van der Waals surface area contributed by atoms with Crippen LogP contribution in [0.15, 0.2) is 24.3 Å². The van der Waals surface area contributed by atoms with Crippen LogP contribution in [-0.4, -0.2) is 19.2 Å². The number of halogens is 1. The first kappa shape index (κ1) is 15.7. The highest BCUT2D eigenvalue weighted by Crippen LogP contribution is 2.25. The highest BCUT2D eigenvalue weighted by molar-refractivity contribution is 5.85. The summed E-state index contributed by atoms with van der Waals surface area (Å²) in [5.74, 6) is 0.148. The molecule has 4 nitrogen and oxygen atoms in total. The zero-order valence-electron chi connectivity index (χ0n) is 10.2. The van der Waals surface area contributed by atoms with Crippen LogP contribution in [0.3, 0.4) is 0 Å². The summed E-state index contributed by atoms with van der Waals surface area (Å²) >= 11 is 0. The first-order chi connectivity index (χ1) is 7.56. The maximum atomic E-state index is 11.3. The number of carbonyl (C=O) groups is 1. The number of methoxy groups -OCH3 is 1. The third-order valence-electron chi connectivity index (χ3n) is 2.07. The van der Waals surface area contributed by atoms with Crippen LogP contribution in [-0.2, 0) is 9.53 Å². The number of para-hydroxylation sites is 1. The topological polar surface area (TPSA) is 61.5 Å². The number of esters is 1. The van der Waals surface area contributed by atoms with Gasteiger partial charge in [0, 0.05) is 5.56 Å². The van der Waals surface area contributed by atoms with E-state index in [-0.39, 0.29) is 18.5 Å². The Balaban J connectivity index is 0.00000256. The lowest BCUT2D eigenvalue weighted by Crippen LogP contribution is -2.23. The van der Waals surface area contributed by atoms with E-state index in [9.17, 15) is 4.79 Å². The van der Waals surface area contributed by atoms with E-state index in [1.54, 1.807) is 12.1 Å². The maximum absolute atomic E-state index is 11.3. The summed E-state index contributed by atoms with van der Waals surface area (Å²) in [7, 11) is 1.31. The number of ether oxygens (including phenoxy) is 2. The zero-order chi connectivity index (χ0) is 12.1. The van der Waals surface area contributed by atoms with Crippen molar-refractivity contribution in [2.24, 2.45) is 5.73 Å². The molecule has 1 aromatic rings. The minimum absolute atomic E-state index is 0. The molecule has 0 aromatic heterocycles. The number of rotatable bonds is 4. The summed E-state index contributed by atoms with van der Waals surface area (Å²) in [6, 6.07) is 6.40. The van der Waals surface area contributed by atoms with Gasteiger partial charge in [0.25, 0.3) is 0 Å². The molecule has 0 saturated heterocycles. The predicted molar refractivity (Wildman–Crippen MR) is 68.4 cm³/mol. The molecular weight excluding hydrogens is 242 g/mol. The number of hydrogen-bond acceptors (Lipinski definition) is 4. The maximum Gasteiger partial charge on any atom is 0.327 e. The van der Waals surface area contributed by atoms with E-state index in [1.807, 2.05) is 26.0 Å². The lowest BCUT2D eigenvalue weighted by Gasteiger charge is -2.17. The minimum Gasteiger partial charge on any atom is -0.491 e. The normalized spacial score (nSPS) is 11.6. The Morgan fingerprint density at radius 3 is 2.41 bits per heavy atom. The molecular formula is C12H18ClNO3. The van der Waals surface area contributed by atoms with Gasteiger partial charge < -0.3 is 15.2 Å². The molecule has 96 valence electrons. The minimum atomic E-state index is -0.806. The molecule has 0 spiro atoms. The van der Waals surface area contributed by atoms with Crippen molar-refractivity contribution < 1.29 is 14.3 Å². The van der Waals surface area contributed by atoms with Crippen molar-refractivity contribution in [3.8, 4) is 5.75 Å². The van der Waals surface area contributed by atoms with Crippen LogP contribution in [0.25, 0.3) is 0 Å². The Kier molecular flexibility index (Phi) is 6.61. The smallest absolute Gasteiger partial charge is 0.327 e. The zero-order valence-corrected chi connectivity index (χ0v) is 11.0. The first-order valence-corrected chi connectivity index (χ1v) is 5.15. The lowest BCUT2D eigenvalue weighted by molar-refractivity contribution is -0.142. The van der Waals surface area contributed by atoms with Gasteiger partial charge in [-0.1, -0.05) is 18.2 Å². The standard InChI is InChI=1S/C12H17NO3.ClH/c1-8(2)16-10-7-5-4-6-9(10)11(13)12(14)15-3;/h4-8,11H,13H2,1-3H3;1H. The van der Waals surface area contributed by atoms with Gasteiger partial charge in [0.05, 0.1) is 13.2 Å². The molecule has 0 radical (unpaired) electrons. The molecule has 5 heteroatoms. The molecule has 1 unspecified atom stereocenters. The molecule has 0 aliphatic carbocycles. The summed E-state index contributed by atoms with van der Waals surface area (Å²) in [6.45, 7) is 3.83. The van der Waals surface area contributed by atoms with E-state index >= 15 is 0 Å². The molecule has 0 saturated carbocycles. The first-order valence-electron chi connectivity index (χ1n) is 5.15. The third kappa shape index (κ3) is 4.24. The number of nitrogens with two attached hydrogens (primary N) is 1. The van der Waals surface area contributed by atoms with Gasteiger partial charge in [0.15, 0.2) is 0 Å². The van der Waals surface area contributed by atoms with E-state index in [4.69, 9.17) is 10.5 Å². The molecule has 17 heavy (non-hydrogen) atoms. The molecule has 1 rings (SSSR count). The van der Waals surface area contributed by atoms with Crippen LogP contribution in [0.2, 0.25) is 0 Å². The number of hydrogen-bond donors (Lipinski definition) is 1. The van der Waals surface area contributed by atoms with Gasteiger partial charge in [-0.25, -0.2) is 0 Å². The van der Waals surface area contributed by atoms with Crippen LogP contribution in [0.1, 0.15) is 25.5 Å². The Labute approximate surface area is 108 Å². The van der Waals surface area contributed by atoms with Crippen LogP contribution in [0, 0.1) is 0 Å². The monoisotopic (exact) mass is 259 g/mol. The van der Waals surface area contributed by atoms with Gasteiger partial charge in [-0.05, 0) is 19.9 Å². The molecule has 0 aliphatic heterocycles. The fourth-order valence-electron chi connectivity index (χ4n) is 1.35. The Morgan fingerprint density at radius 1 is 1.29 bits per heavy atom. The van der Waals surface area contributed by atoms with Gasteiger partial charge in [-0.2, -0.15) is 0 Å². The quantitative estimate of drug-likeness (QED) is 0.841. The van der Waals surface area contributed by atoms with Crippen LogP contribution in [0.4, 0.5) is 0 Å². The second kappa shape index (κ2) is 7.14. The summed E-state index contributed by atoms with van der Waals surface area (Å²) in [6.07, 6.45) is 0.0333. The predicted octanol–water partition coefficient (Wildman–Crippen LogP) is 2.07. The SMILES string of the molecule is COC(=O)C(N)c1ccccc1OC(C)C.Cl. The van der Waals surface area contributed by atoms with Gasteiger partial charge >= 0.3 is 5.97 Å².